The van der Waals surface area contributed by atoms with Gasteiger partial charge in [-0.2, -0.15) is 0 Å². The lowest BCUT2D eigenvalue weighted by molar-refractivity contribution is -0.171. The molecular formula is C12H16FNO5. The smallest absolute Gasteiger partial charge is 0.410 e. The highest BCUT2D eigenvalue weighted by atomic mass is 19.1. The number of carboxylic acid groups (broad SMARTS) is 1. The molecule has 2 fully saturated rings. The summed E-state index contributed by atoms with van der Waals surface area (Å²) in [5.41, 5.74) is -3.66. The number of carbonyl (C=O) groups excluding carboxylic acids is 1. The Hall–Kier alpha value is -1.63. The number of aliphatic carboxylic acids is 1. The van der Waals surface area contributed by atoms with E-state index in [1.807, 2.05) is 0 Å². The summed E-state index contributed by atoms with van der Waals surface area (Å²) in [5.74, 6) is -1.28. The Morgan fingerprint density at radius 3 is 2.84 bits per heavy atom. The van der Waals surface area contributed by atoms with E-state index < -0.39 is 23.1 Å². The Balaban J connectivity index is 2.20. The number of carbonyl (C=O) groups is 2. The van der Waals surface area contributed by atoms with Crippen molar-refractivity contribution < 1.29 is 28.6 Å². The van der Waals surface area contributed by atoms with Crippen molar-refractivity contribution in [3.05, 3.63) is 12.7 Å². The second-order valence-corrected chi connectivity index (χ2v) is 4.88. The van der Waals surface area contributed by atoms with Crippen molar-refractivity contribution in [3.8, 4) is 0 Å². The molecule has 2 aliphatic rings. The van der Waals surface area contributed by atoms with Gasteiger partial charge in [-0.1, -0.05) is 12.7 Å². The van der Waals surface area contributed by atoms with E-state index in [-0.39, 0.29) is 39.3 Å². The first kappa shape index (κ1) is 13.8. The van der Waals surface area contributed by atoms with E-state index in [4.69, 9.17) is 9.47 Å². The molecule has 0 bridgehead atoms. The molecule has 0 aliphatic carbocycles. The topological polar surface area (TPSA) is 76.1 Å². The van der Waals surface area contributed by atoms with Crippen molar-refractivity contribution in [1.82, 2.24) is 4.90 Å². The van der Waals surface area contributed by atoms with Crippen LogP contribution in [0.1, 0.15) is 6.42 Å². The number of carboxylic acids is 1. The number of amides is 1. The molecule has 2 heterocycles. The van der Waals surface area contributed by atoms with E-state index in [9.17, 15) is 19.1 Å². The van der Waals surface area contributed by atoms with Gasteiger partial charge < -0.3 is 19.5 Å². The highest BCUT2D eigenvalue weighted by molar-refractivity contribution is 5.80. The Kier molecular flexibility index (Phi) is 3.49. The van der Waals surface area contributed by atoms with Crippen LogP contribution in [-0.4, -0.2) is 60.6 Å². The maximum Gasteiger partial charge on any atom is 0.410 e. The predicted octanol–water partition coefficient (Wildman–Crippen LogP) is 0.824. The average Bonchev–Trinajstić information content (AvgIpc) is 2.70. The number of ether oxygens (including phenoxy) is 2. The summed E-state index contributed by atoms with van der Waals surface area (Å²) >= 11 is 0. The van der Waals surface area contributed by atoms with Crippen LogP contribution in [0.5, 0.6) is 0 Å². The molecule has 1 N–H and O–H groups in total. The van der Waals surface area contributed by atoms with E-state index in [1.165, 1.54) is 6.08 Å². The van der Waals surface area contributed by atoms with Crippen molar-refractivity contribution >= 4 is 12.1 Å². The Bertz CT molecular complexity index is 415. The van der Waals surface area contributed by atoms with Crippen molar-refractivity contribution in [3.63, 3.8) is 0 Å². The zero-order chi connectivity index (χ0) is 14.1. The van der Waals surface area contributed by atoms with Gasteiger partial charge in [0.1, 0.15) is 12.0 Å². The summed E-state index contributed by atoms with van der Waals surface area (Å²) in [5, 5.41) is 9.33. The first-order chi connectivity index (χ1) is 8.95. The molecule has 106 valence electrons. The van der Waals surface area contributed by atoms with E-state index in [0.717, 1.165) is 4.90 Å². The van der Waals surface area contributed by atoms with Crippen LogP contribution in [0.15, 0.2) is 12.7 Å². The van der Waals surface area contributed by atoms with Crippen LogP contribution in [0, 0.1) is 5.41 Å². The van der Waals surface area contributed by atoms with Crippen LogP contribution >= 0.6 is 0 Å². The zero-order valence-electron chi connectivity index (χ0n) is 10.4. The molecule has 6 nitrogen and oxygen atoms in total. The number of halogens is 1. The minimum atomic E-state index is -1.97. The minimum Gasteiger partial charge on any atom is -0.481 e. The lowest BCUT2D eigenvalue weighted by Crippen LogP contribution is -2.56. The largest absolute Gasteiger partial charge is 0.481 e. The molecule has 1 amide bonds. The van der Waals surface area contributed by atoms with Gasteiger partial charge >= 0.3 is 12.1 Å². The van der Waals surface area contributed by atoms with Gasteiger partial charge in [-0.15, -0.1) is 0 Å². The summed E-state index contributed by atoms with van der Waals surface area (Å²) in [7, 11) is 0. The fraction of sp³-hybridized carbons (Fsp3) is 0.667. The first-order valence-corrected chi connectivity index (χ1v) is 5.98. The normalized spacial score (nSPS) is 33.6. The quantitative estimate of drug-likeness (QED) is 0.771. The van der Waals surface area contributed by atoms with Gasteiger partial charge in [-0.05, 0) is 0 Å². The molecule has 0 aromatic heterocycles. The molecule has 2 rings (SSSR count). The number of nitrogens with zero attached hydrogens (tertiary/aromatic N) is 1. The van der Waals surface area contributed by atoms with Gasteiger partial charge in [-0.25, -0.2) is 9.18 Å². The molecular weight excluding hydrogens is 257 g/mol. The third kappa shape index (κ3) is 2.07. The minimum absolute atomic E-state index is 0.00515. The maximum atomic E-state index is 14.9. The molecule has 0 radical (unpaired) electrons. The van der Waals surface area contributed by atoms with Gasteiger partial charge in [0.25, 0.3) is 0 Å². The van der Waals surface area contributed by atoms with Crippen molar-refractivity contribution in [2.24, 2.45) is 5.41 Å². The average molecular weight is 273 g/mol. The highest BCUT2D eigenvalue weighted by Gasteiger charge is 2.66. The third-order valence-corrected chi connectivity index (χ3v) is 3.74. The van der Waals surface area contributed by atoms with Crippen LogP contribution < -0.4 is 0 Å². The maximum absolute atomic E-state index is 14.9. The summed E-state index contributed by atoms with van der Waals surface area (Å²) in [6.07, 6.45) is 0.624. The Morgan fingerprint density at radius 2 is 2.26 bits per heavy atom. The lowest BCUT2D eigenvalue weighted by Gasteiger charge is -2.38. The van der Waals surface area contributed by atoms with Crippen LogP contribution in [0.4, 0.5) is 9.18 Å². The first-order valence-electron chi connectivity index (χ1n) is 5.98. The molecule has 0 aromatic carbocycles. The summed E-state index contributed by atoms with van der Waals surface area (Å²) in [6, 6.07) is 0. The standard InChI is InChI=1S/C12H16FNO5/c1-2-4-19-10(17)14-6-11(9(15)16)8-18-5-3-12(11,13)7-14/h2H,1,3-8H2,(H,15,16)/t11-,12+/m1/s1. The molecule has 2 aliphatic heterocycles. The van der Waals surface area contributed by atoms with Crippen LogP contribution in [-0.2, 0) is 14.3 Å². The number of rotatable bonds is 3. The van der Waals surface area contributed by atoms with Gasteiger partial charge in [0.2, 0.25) is 0 Å². The van der Waals surface area contributed by atoms with Crippen LogP contribution in [0.3, 0.4) is 0 Å². The molecule has 0 unspecified atom stereocenters. The predicted molar refractivity (Wildman–Crippen MR) is 62.5 cm³/mol. The third-order valence-electron chi connectivity index (χ3n) is 3.74. The molecule has 2 atom stereocenters. The summed E-state index contributed by atoms with van der Waals surface area (Å²) in [6.45, 7) is 2.81. The summed E-state index contributed by atoms with van der Waals surface area (Å²) in [4.78, 5) is 24.2. The number of hydrogen-bond acceptors (Lipinski definition) is 4. The SMILES string of the molecule is C=CCOC(=O)N1C[C@@]2(F)CCOC[C@@]2(C(=O)O)C1. The Morgan fingerprint density at radius 1 is 1.53 bits per heavy atom. The van der Waals surface area contributed by atoms with Gasteiger partial charge in [0.05, 0.1) is 13.2 Å². The van der Waals surface area contributed by atoms with Crippen molar-refractivity contribution in [2.45, 2.75) is 12.1 Å². The van der Waals surface area contributed by atoms with E-state index in [2.05, 4.69) is 6.58 Å². The molecule has 0 saturated carbocycles. The number of fused-ring (bicyclic) bond motifs is 1. The van der Waals surface area contributed by atoms with Gasteiger partial charge in [0, 0.05) is 19.6 Å². The van der Waals surface area contributed by atoms with Crippen LogP contribution in [0.2, 0.25) is 0 Å². The summed E-state index contributed by atoms with van der Waals surface area (Å²) < 4.78 is 24.8. The fourth-order valence-electron chi connectivity index (χ4n) is 2.62. The van der Waals surface area contributed by atoms with Gasteiger partial charge in [0.15, 0.2) is 5.67 Å². The Labute approximate surface area is 109 Å². The second kappa shape index (κ2) is 4.80. The number of alkyl halides is 1. The number of likely N-dealkylation sites (tertiary alicyclic amines) is 1. The number of hydrogen-bond donors (Lipinski definition) is 1. The second-order valence-electron chi connectivity index (χ2n) is 4.88. The molecule has 7 heteroatoms. The molecule has 0 aromatic rings. The van der Waals surface area contributed by atoms with Crippen molar-refractivity contribution in [1.29, 1.82) is 0 Å². The molecule has 0 spiro atoms. The van der Waals surface area contributed by atoms with Gasteiger partial charge in [-0.3, -0.25) is 4.79 Å². The molecule has 19 heavy (non-hydrogen) atoms. The molecule has 2 saturated heterocycles. The zero-order valence-corrected chi connectivity index (χ0v) is 10.4. The highest BCUT2D eigenvalue weighted by Crippen LogP contribution is 2.47. The lowest BCUT2D eigenvalue weighted by atomic mass is 9.73. The van der Waals surface area contributed by atoms with E-state index >= 15 is 0 Å². The van der Waals surface area contributed by atoms with E-state index in [0.29, 0.717) is 0 Å². The van der Waals surface area contributed by atoms with E-state index in [1.54, 1.807) is 0 Å². The van der Waals surface area contributed by atoms with Crippen LogP contribution in [0.25, 0.3) is 0 Å². The van der Waals surface area contributed by atoms with Crippen molar-refractivity contribution in [2.75, 3.05) is 32.9 Å². The monoisotopic (exact) mass is 273 g/mol. The fourth-order valence-corrected chi connectivity index (χ4v) is 2.62.